The lowest BCUT2D eigenvalue weighted by Crippen LogP contribution is -2.42. The molecule has 1 N–H and O–H groups in total. The van der Waals surface area contributed by atoms with E-state index in [-0.39, 0.29) is 5.82 Å². The molecule has 22 heavy (non-hydrogen) atoms. The fourth-order valence-corrected chi connectivity index (χ4v) is 3.24. The third-order valence-corrected chi connectivity index (χ3v) is 4.39. The van der Waals surface area contributed by atoms with Gasteiger partial charge in [0.1, 0.15) is 5.82 Å². The molecule has 1 fully saturated rings. The molecule has 1 aromatic carbocycles. The van der Waals surface area contributed by atoms with Gasteiger partial charge >= 0.3 is 0 Å². The highest BCUT2D eigenvalue weighted by Gasteiger charge is 2.16. The molecule has 2 aromatic rings. The molecular formula is C15H19FN4OS. The second kappa shape index (κ2) is 7.21. The van der Waals surface area contributed by atoms with E-state index in [9.17, 15) is 4.39 Å². The Labute approximate surface area is 133 Å². The van der Waals surface area contributed by atoms with Crippen molar-refractivity contribution < 1.29 is 9.13 Å². The van der Waals surface area contributed by atoms with Crippen LogP contribution < -0.4 is 0 Å². The van der Waals surface area contributed by atoms with E-state index in [1.165, 1.54) is 6.07 Å². The number of hydrogen-bond donors (Lipinski definition) is 1. The highest BCUT2D eigenvalue weighted by atomic mass is 32.2. The summed E-state index contributed by atoms with van der Waals surface area (Å²) in [6.07, 6.45) is 0.301. The van der Waals surface area contributed by atoms with Crippen molar-refractivity contribution in [3.8, 4) is 11.4 Å². The first-order valence-electron chi connectivity index (χ1n) is 7.36. The molecule has 0 bridgehead atoms. The summed E-state index contributed by atoms with van der Waals surface area (Å²) in [5, 5.41) is 7.60. The van der Waals surface area contributed by atoms with Gasteiger partial charge in [0.2, 0.25) is 5.16 Å². The van der Waals surface area contributed by atoms with Gasteiger partial charge in [0.05, 0.1) is 18.3 Å². The van der Waals surface area contributed by atoms with Crippen LogP contribution in [0.25, 0.3) is 11.4 Å². The summed E-state index contributed by atoms with van der Waals surface area (Å²) < 4.78 is 19.2. The van der Waals surface area contributed by atoms with Crippen LogP contribution in [0.3, 0.4) is 0 Å². The van der Waals surface area contributed by atoms with Crippen molar-refractivity contribution in [2.24, 2.45) is 0 Å². The van der Waals surface area contributed by atoms with Crippen LogP contribution in [0.1, 0.15) is 6.92 Å². The normalized spacial score (nSPS) is 19.5. The molecular weight excluding hydrogens is 303 g/mol. The highest BCUT2D eigenvalue weighted by Crippen LogP contribution is 2.21. The molecule has 1 saturated heterocycles. The fourth-order valence-electron chi connectivity index (χ4n) is 2.44. The third-order valence-electron chi connectivity index (χ3n) is 3.56. The van der Waals surface area contributed by atoms with Crippen LogP contribution in [-0.4, -0.2) is 58.2 Å². The number of hydrogen-bond acceptors (Lipinski definition) is 5. The Balaban J connectivity index is 1.53. The molecule has 1 atom stereocenters. The Kier molecular flexibility index (Phi) is 5.07. The minimum atomic E-state index is -0.294. The number of rotatable bonds is 5. The van der Waals surface area contributed by atoms with Gasteiger partial charge in [-0.3, -0.25) is 10.00 Å². The number of halogens is 1. The second-order valence-electron chi connectivity index (χ2n) is 5.28. The van der Waals surface area contributed by atoms with E-state index in [1.54, 1.807) is 30.0 Å². The fraction of sp³-hybridized carbons (Fsp3) is 0.467. The van der Waals surface area contributed by atoms with Gasteiger partial charge in [-0.2, -0.15) is 0 Å². The molecule has 3 rings (SSSR count). The van der Waals surface area contributed by atoms with Crippen LogP contribution in [0.15, 0.2) is 29.4 Å². The van der Waals surface area contributed by atoms with Crippen molar-refractivity contribution in [3.63, 3.8) is 0 Å². The van der Waals surface area contributed by atoms with Crippen molar-refractivity contribution >= 4 is 11.8 Å². The van der Waals surface area contributed by atoms with E-state index >= 15 is 0 Å². The molecule has 1 aromatic heterocycles. The number of benzene rings is 1. The van der Waals surface area contributed by atoms with Crippen molar-refractivity contribution in [2.75, 3.05) is 32.0 Å². The van der Waals surface area contributed by atoms with Crippen LogP contribution in [0.2, 0.25) is 0 Å². The first-order chi connectivity index (χ1) is 10.7. The molecule has 1 aliphatic rings. The zero-order chi connectivity index (χ0) is 15.4. The van der Waals surface area contributed by atoms with E-state index in [2.05, 4.69) is 27.0 Å². The second-order valence-corrected chi connectivity index (χ2v) is 6.34. The van der Waals surface area contributed by atoms with Gasteiger partial charge in [-0.05, 0) is 19.1 Å². The molecule has 1 aliphatic heterocycles. The lowest BCUT2D eigenvalue weighted by Gasteiger charge is -2.30. The van der Waals surface area contributed by atoms with Gasteiger partial charge in [0.15, 0.2) is 5.82 Å². The number of aromatic amines is 1. The van der Waals surface area contributed by atoms with Gasteiger partial charge in [-0.15, -0.1) is 5.10 Å². The molecule has 2 heterocycles. The standard InChI is InChI=1S/C15H19FN4OS/c1-11-10-20(6-8-21-11)7-9-22-15-17-14(18-19-15)12-4-2-3-5-13(12)16/h2-5,11H,6-10H2,1H3,(H,17,18,19)/t11-/m0/s1. The molecule has 0 amide bonds. The summed E-state index contributed by atoms with van der Waals surface area (Å²) in [6, 6.07) is 6.56. The minimum Gasteiger partial charge on any atom is -0.376 e. The summed E-state index contributed by atoms with van der Waals surface area (Å²) in [7, 11) is 0. The van der Waals surface area contributed by atoms with Crippen molar-refractivity contribution in [1.82, 2.24) is 20.1 Å². The average Bonchev–Trinajstić information content (AvgIpc) is 2.96. The molecule has 0 aliphatic carbocycles. The molecule has 0 radical (unpaired) electrons. The third kappa shape index (κ3) is 3.85. The monoisotopic (exact) mass is 322 g/mol. The van der Waals surface area contributed by atoms with Gasteiger partial charge in [-0.1, -0.05) is 23.9 Å². The summed E-state index contributed by atoms with van der Waals surface area (Å²) in [5.41, 5.74) is 0.448. The Morgan fingerprint density at radius 3 is 3.14 bits per heavy atom. The van der Waals surface area contributed by atoms with E-state index in [4.69, 9.17) is 4.74 Å². The van der Waals surface area contributed by atoms with Crippen molar-refractivity contribution in [2.45, 2.75) is 18.2 Å². The van der Waals surface area contributed by atoms with Gasteiger partial charge in [0, 0.05) is 25.4 Å². The lowest BCUT2D eigenvalue weighted by molar-refractivity contribution is -0.0158. The SMILES string of the molecule is C[C@H]1CN(CCSc2n[nH]c(-c3ccccc3F)n2)CCO1. The van der Waals surface area contributed by atoms with Crippen LogP contribution in [0.5, 0.6) is 0 Å². The number of aromatic nitrogens is 3. The average molecular weight is 322 g/mol. The van der Waals surface area contributed by atoms with Crippen LogP contribution >= 0.6 is 11.8 Å². The highest BCUT2D eigenvalue weighted by molar-refractivity contribution is 7.99. The van der Waals surface area contributed by atoms with Crippen LogP contribution in [0.4, 0.5) is 4.39 Å². The van der Waals surface area contributed by atoms with Gasteiger partial charge in [0.25, 0.3) is 0 Å². The molecule has 7 heteroatoms. The van der Waals surface area contributed by atoms with E-state index in [0.29, 0.717) is 22.6 Å². The molecule has 0 unspecified atom stereocenters. The Bertz CT molecular complexity index is 621. The summed E-state index contributed by atoms with van der Waals surface area (Å²) in [6.45, 7) is 5.80. The van der Waals surface area contributed by atoms with Gasteiger partial charge < -0.3 is 4.74 Å². The Hall–Kier alpha value is -1.44. The van der Waals surface area contributed by atoms with Crippen LogP contribution in [-0.2, 0) is 4.74 Å². The number of nitrogens with one attached hydrogen (secondary N) is 1. The zero-order valence-corrected chi connectivity index (χ0v) is 13.3. The molecule has 0 spiro atoms. The summed E-state index contributed by atoms with van der Waals surface area (Å²) in [5.74, 6) is 1.08. The Morgan fingerprint density at radius 2 is 2.32 bits per heavy atom. The summed E-state index contributed by atoms with van der Waals surface area (Å²) in [4.78, 5) is 6.73. The molecule has 5 nitrogen and oxygen atoms in total. The molecule has 118 valence electrons. The smallest absolute Gasteiger partial charge is 0.208 e. The van der Waals surface area contributed by atoms with E-state index in [1.807, 2.05) is 0 Å². The predicted octanol–water partition coefficient (Wildman–Crippen LogP) is 2.42. The van der Waals surface area contributed by atoms with Crippen molar-refractivity contribution in [1.29, 1.82) is 0 Å². The lowest BCUT2D eigenvalue weighted by atomic mass is 10.2. The maximum absolute atomic E-state index is 13.7. The zero-order valence-electron chi connectivity index (χ0n) is 12.5. The molecule has 0 saturated carbocycles. The summed E-state index contributed by atoms with van der Waals surface area (Å²) >= 11 is 1.58. The quantitative estimate of drug-likeness (QED) is 0.857. The van der Waals surface area contributed by atoms with Crippen LogP contribution in [0, 0.1) is 5.82 Å². The number of morpholine rings is 1. The number of ether oxygens (including phenoxy) is 1. The maximum Gasteiger partial charge on any atom is 0.208 e. The maximum atomic E-state index is 13.7. The number of nitrogens with zero attached hydrogens (tertiary/aromatic N) is 3. The van der Waals surface area contributed by atoms with Gasteiger partial charge in [-0.25, -0.2) is 9.37 Å². The minimum absolute atomic E-state index is 0.294. The topological polar surface area (TPSA) is 54.0 Å². The van der Waals surface area contributed by atoms with E-state index in [0.717, 1.165) is 32.0 Å². The first-order valence-corrected chi connectivity index (χ1v) is 8.35. The Morgan fingerprint density at radius 1 is 1.45 bits per heavy atom. The van der Waals surface area contributed by atoms with E-state index < -0.39 is 0 Å². The largest absolute Gasteiger partial charge is 0.376 e. The predicted molar refractivity (Wildman–Crippen MR) is 84.4 cm³/mol. The first kappa shape index (κ1) is 15.5. The number of thioether (sulfide) groups is 1. The van der Waals surface area contributed by atoms with Crippen molar-refractivity contribution in [3.05, 3.63) is 30.1 Å². The number of H-pyrrole nitrogens is 1.